The molecule has 2 aromatic carbocycles. The summed E-state index contributed by atoms with van der Waals surface area (Å²) in [6.45, 7) is 6.08. The third-order valence-electron chi connectivity index (χ3n) is 5.82. The van der Waals surface area contributed by atoms with E-state index < -0.39 is 6.04 Å². The normalized spacial score (nSPS) is 12.1. The summed E-state index contributed by atoms with van der Waals surface area (Å²) in [6, 6.07) is 15.1. The number of carbonyl (C=O) groups excluding carboxylic acids is 1. The Morgan fingerprint density at radius 1 is 1.06 bits per heavy atom. The Morgan fingerprint density at radius 2 is 1.76 bits per heavy atom. The van der Waals surface area contributed by atoms with Crippen molar-refractivity contribution >= 4 is 49.1 Å². The summed E-state index contributed by atoms with van der Waals surface area (Å²) < 4.78 is 2.46. The minimum absolute atomic E-state index is 0.183. The molecule has 0 aliphatic heterocycles. The first-order chi connectivity index (χ1) is 16.0. The summed E-state index contributed by atoms with van der Waals surface area (Å²) in [7, 11) is 0. The lowest BCUT2D eigenvalue weighted by molar-refractivity contribution is -0.119. The summed E-state index contributed by atoms with van der Waals surface area (Å²) in [5, 5.41) is 3.54. The molecule has 4 aromatic rings. The van der Waals surface area contributed by atoms with Gasteiger partial charge in [-0.1, -0.05) is 61.0 Å². The van der Waals surface area contributed by atoms with Crippen molar-refractivity contribution in [2.75, 3.05) is 5.32 Å². The first-order valence-corrected chi connectivity index (χ1v) is 12.8. The summed E-state index contributed by atoms with van der Waals surface area (Å²) in [5.74, 6) is -0.221. The van der Waals surface area contributed by atoms with Gasteiger partial charge in [-0.25, -0.2) is 4.98 Å². The van der Waals surface area contributed by atoms with Gasteiger partial charge in [0.05, 0.1) is 11.7 Å². The van der Waals surface area contributed by atoms with E-state index >= 15 is 0 Å². The summed E-state index contributed by atoms with van der Waals surface area (Å²) >= 11 is 5.02. The Bertz CT molecular complexity index is 1340. The second kappa shape index (κ2) is 10.0. The van der Waals surface area contributed by atoms with Crippen LogP contribution in [0, 0.1) is 0 Å². The van der Waals surface area contributed by atoms with E-state index in [-0.39, 0.29) is 11.5 Å². The maximum absolute atomic E-state index is 13.7. The highest BCUT2D eigenvalue weighted by atomic mass is 79.9. The number of nitrogens with one attached hydrogen (secondary N) is 1. The zero-order valence-corrected chi connectivity index (χ0v) is 21.3. The van der Waals surface area contributed by atoms with Gasteiger partial charge < -0.3 is 5.32 Å². The topological polar surface area (TPSA) is 64.0 Å². The highest BCUT2D eigenvalue weighted by molar-refractivity contribution is 9.10. The zero-order chi connectivity index (χ0) is 23.5. The van der Waals surface area contributed by atoms with Crippen LogP contribution in [0.3, 0.4) is 0 Å². The molecule has 0 saturated heterocycles. The van der Waals surface area contributed by atoms with Gasteiger partial charge in [-0.2, -0.15) is 0 Å². The lowest BCUT2D eigenvalue weighted by Gasteiger charge is -2.18. The van der Waals surface area contributed by atoms with Gasteiger partial charge >= 0.3 is 0 Å². The SMILES string of the molecule is CCc1ccc(NC(=O)C(CC)n2cnc3sc(CC)c(-c4ccc(Br)cc4)c3c2=O)cc1. The predicted octanol–water partition coefficient (Wildman–Crippen LogP) is 6.60. The highest BCUT2D eigenvalue weighted by Gasteiger charge is 2.24. The molecule has 33 heavy (non-hydrogen) atoms. The van der Waals surface area contributed by atoms with Gasteiger partial charge in [0.15, 0.2) is 0 Å². The van der Waals surface area contributed by atoms with Crippen molar-refractivity contribution in [2.45, 2.75) is 46.1 Å². The lowest BCUT2D eigenvalue weighted by Crippen LogP contribution is -2.33. The molecule has 0 saturated carbocycles. The van der Waals surface area contributed by atoms with Crippen molar-refractivity contribution in [3.8, 4) is 11.1 Å². The molecule has 5 nitrogen and oxygen atoms in total. The van der Waals surface area contributed by atoms with Crippen molar-refractivity contribution in [3.05, 3.63) is 80.1 Å². The zero-order valence-electron chi connectivity index (χ0n) is 18.9. The van der Waals surface area contributed by atoms with Gasteiger partial charge in [0.25, 0.3) is 5.56 Å². The molecule has 1 unspecified atom stereocenters. The molecule has 2 heterocycles. The molecule has 1 amide bonds. The van der Waals surface area contributed by atoms with E-state index in [0.717, 1.165) is 39.0 Å². The fourth-order valence-corrected chi connectivity index (χ4v) is 5.36. The molecule has 0 radical (unpaired) electrons. The standard InChI is InChI=1S/C26H26BrN3O2S/c1-4-16-7-13-19(14-8-16)29-24(31)20(5-2)30-15-28-25-23(26(30)32)22(21(6-3)33-25)17-9-11-18(27)12-10-17/h7-15,20H,4-6H2,1-3H3,(H,29,31). The number of anilines is 1. The monoisotopic (exact) mass is 523 g/mol. The number of aromatic nitrogens is 2. The second-order valence-electron chi connectivity index (χ2n) is 7.86. The van der Waals surface area contributed by atoms with Crippen LogP contribution in [-0.2, 0) is 17.6 Å². The highest BCUT2D eigenvalue weighted by Crippen LogP contribution is 2.37. The smallest absolute Gasteiger partial charge is 0.263 e. The number of benzene rings is 2. The molecule has 0 fully saturated rings. The predicted molar refractivity (Wildman–Crippen MR) is 140 cm³/mol. The van der Waals surface area contributed by atoms with Crippen LogP contribution in [0.2, 0.25) is 0 Å². The third kappa shape index (κ3) is 4.66. The van der Waals surface area contributed by atoms with E-state index in [2.05, 4.69) is 40.1 Å². The number of fused-ring (bicyclic) bond motifs is 1. The fraction of sp³-hybridized carbons (Fsp3) is 0.269. The Hall–Kier alpha value is -2.77. The van der Waals surface area contributed by atoms with Gasteiger partial charge in [0, 0.05) is 20.6 Å². The summed E-state index contributed by atoms with van der Waals surface area (Å²) in [4.78, 5) is 33.2. The second-order valence-corrected chi connectivity index (χ2v) is 9.86. The average molecular weight is 524 g/mol. The van der Waals surface area contributed by atoms with Crippen molar-refractivity contribution in [2.24, 2.45) is 0 Å². The number of halogens is 1. The molecular weight excluding hydrogens is 498 g/mol. The van der Waals surface area contributed by atoms with Crippen LogP contribution < -0.4 is 10.9 Å². The molecule has 1 N–H and O–H groups in total. The molecular formula is C26H26BrN3O2S. The van der Waals surface area contributed by atoms with Crippen LogP contribution in [0.15, 0.2) is 64.1 Å². The summed E-state index contributed by atoms with van der Waals surface area (Å²) in [5.41, 5.74) is 3.64. The number of rotatable bonds is 7. The van der Waals surface area contributed by atoms with Crippen molar-refractivity contribution in [3.63, 3.8) is 0 Å². The van der Waals surface area contributed by atoms with Crippen molar-refractivity contribution in [1.29, 1.82) is 0 Å². The van der Waals surface area contributed by atoms with E-state index in [1.54, 1.807) is 11.3 Å². The number of hydrogen-bond donors (Lipinski definition) is 1. The largest absolute Gasteiger partial charge is 0.324 e. The van der Waals surface area contributed by atoms with Crippen molar-refractivity contribution in [1.82, 2.24) is 9.55 Å². The Morgan fingerprint density at radius 3 is 2.36 bits per heavy atom. The molecule has 0 aliphatic rings. The summed E-state index contributed by atoms with van der Waals surface area (Å²) in [6.07, 6.45) is 3.73. The minimum atomic E-state index is -0.650. The molecule has 0 bridgehead atoms. The van der Waals surface area contributed by atoms with Crippen molar-refractivity contribution < 1.29 is 4.79 Å². The van der Waals surface area contributed by atoms with Crippen LogP contribution in [0.25, 0.3) is 21.3 Å². The first-order valence-electron chi connectivity index (χ1n) is 11.1. The number of carbonyl (C=O) groups is 1. The van der Waals surface area contributed by atoms with E-state index in [1.165, 1.54) is 16.5 Å². The maximum atomic E-state index is 13.7. The van der Waals surface area contributed by atoms with Gasteiger partial charge in [-0.05, 0) is 54.7 Å². The number of hydrogen-bond acceptors (Lipinski definition) is 4. The maximum Gasteiger partial charge on any atom is 0.263 e. The number of aryl methyl sites for hydroxylation is 2. The van der Waals surface area contributed by atoms with Crippen LogP contribution in [0.4, 0.5) is 5.69 Å². The molecule has 2 aromatic heterocycles. The van der Waals surface area contributed by atoms with Gasteiger partial charge in [-0.3, -0.25) is 14.2 Å². The van der Waals surface area contributed by atoms with Crippen LogP contribution in [0.1, 0.15) is 43.7 Å². The molecule has 0 spiro atoms. The molecule has 0 aliphatic carbocycles. The lowest BCUT2D eigenvalue weighted by atomic mass is 10.0. The minimum Gasteiger partial charge on any atom is -0.324 e. The van der Waals surface area contributed by atoms with Crippen LogP contribution in [0.5, 0.6) is 0 Å². The van der Waals surface area contributed by atoms with E-state index in [0.29, 0.717) is 16.6 Å². The quantitative estimate of drug-likeness (QED) is 0.296. The average Bonchev–Trinajstić information content (AvgIpc) is 3.21. The molecule has 1 atom stereocenters. The first kappa shape index (κ1) is 23.4. The Balaban J connectivity index is 1.77. The molecule has 4 rings (SSSR count). The molecule has 7 heteroatoms. The van der Waals surface area contributed by atoms with Gasteiger partial charge in [0.2, 0.25) is 5.91 Å². The van der Waals surface area contributed by atoms with Crippen LogP contribution in [-0.4, -0.2) is 15.5 Å². The Labute approximate surface area is 205 Å². The van der Waals surface area contributed by atoms with E-state index in [9.17, 15) is 9.59 Å². The van der Waals surface area contributed by atoms with Gasteiger partial charge in [-0.15, -0.1) is 11.3 Å². The third-order valence-corrected chi connectivity index (χ3v) is 7.59. The Kier molecular flexibility index (Phi) is 7.10. The van der Waals surface area contributed by atoms with Gasteiger partial charge in [0.1, 0.15) is 10.9 Å². The number of nitrogens with zero attached hydrogens (tertiary/aromatic N) is 2. The molecule has 170 valence electrons. The van der Waals surface area contributed by atoms with E-state index in [1.807, 2.05) is 55.5 Å². The number of thiophene rings is 1. The van der Waals surface area contributed by atoms with E-state index in [4.69, 9.17) is 0 Å². The number of amides is 1. The van der Waals surface area contributed by atoms with Crippen LogP contribution >= 0.6 is 27.3 Å². The fourth-order valence-electron chi connectivity index (χ4n) is 4.00.